The molecule has 1 aliphatic heterocycles. The molecule has 0 aliphatic carbocycles. The van der Waals surface area contributed by atoms with Crippen molar-refractivity contribution < 1.29 is 14.3 Å². The molecule has 36 heavy (non-hydrogen) atoms. The van der Waals surface area contributed by atoms with Crippen LogP contribution in [0.15, 0.2) is 72.8 Å². The SMILES string of the molecule is COc1ccc(CC(=O)Nc2nc3n(n2)C(c2ccc(OC)cc2)CC(c2ccc(Cl)cc2)N3)cc1. The zero-order valence-corrected chi connectivity index (χ0v) is 20.7. The molecule has 2 unspecified atom stereocenters. The molecule has 8 nitrogen and oxygen atoms in total. The number of ether oxygens (including phenoxy) is 2. The van der Waals surface area contributed by atoms with Crippen LogP contribution in [0.2, 0.25) is 5.02 Å². The van der Waals surface area contributed by atoms with Crippen molar-refractivity contribution in [2.75, 3.05) is 24.9 Å². The molecule has 2 atom stereocenters. The van der Waals surface area contributed by atoms with Crippen LogP contribution in [-0.4, -0.2) is 34.9 Å². The first kappa shape index (κ1) is 23.7. The van der Waals surface area contributed by atoms with Crippen molar-refractivity contribution in [3.05, 3.63) is 94.5 Å². The molecule has 5 rings (SSSR count). The average Bonchev–Trinajstić information content (AvgIpc) is 3.31. The lowest BCUT2D eigenvalue weighted by atomic mass is 9.93. The van der Waals surface area contributed by atoms with Crippen molar-refractivity contribution in [3.63, 3.8) is 0 Å². The number of benzene rings is 3. The zero-order chi connectivity index (χ0) is 25.1. The number of aromatic nitrogens is 3. The fourth-order valence-corrected chi connectivity index (χ4v) is 4.47. The van der Waals surface area contributed by atoms with Crippen molar-refractivity contribution in [2.45, 2.75) is 24.9 Å². The van der Waals surface area contributed by atoms with Crippen LogP contribution in [0.1, 0.15) is 35.2 Å². The van der Waals surface area contributed by atoms with E-state index in [1.165, 1.54) is 0 Å². The number of nitrogens with zero attached hydrogens (tertiary/aromatic N) is 3. The minimum Gasteiger partial charge on any atom is -0.497 e. The Kier molecular flexibility index (Phi) is 6.77. The largest absolute Gasteiger partial charge is 0.497 e. The molecule has 3 aromatic carbocycles. The Hall–Kier alpha value is -4.04. The van der Waals surface area contributed by atoms with Gasteiger partial charge in [-0.25, -0.2) is 4.68 Å². The summed E-state index contributed by atoms with van der Waals surface area (Å²) in [5.74, 6) is 2.17. The van der Waals surface area contributed by atoms with Gasteiger partial charge in [-0.15, -0.1) is 5.10 Å². The maximum Gasteiger partial charge on any atom is 0.250 e. The Morgan fingerprint density at radius 1 is 0.972 bits per heavy atom. The van der Waals surface area contributed by atoms with Crippen LogP contribution in [0.4, 0.5) is 11.9 Å². The number of methoxy groups -OCH3 is 2. The number of carbonyl (C=O) groups excluding carboxylic acids is 1. The highest BCUT2D eigenvalue weighted by Crippen LogP contribution is 2.38. The van der Waals surface area contributed by atoms with E-state index in [1.807, 2.05) is 77.5 Å². The molecule has 1 aromatic heterocycles. The predicted octanol–water partition coefficient (Wildman–Crippen LogP) is 5.28. The third-order valence-corrected chi connectivity index (χ3v) is 6.49. The molecule has 2 N–H and O–H groups in total. The second-order valence-electron chi connectivity index (χ2n) is 8.55. The smallest absolute Gasteiger partial charge is 0.250 e. The van der Waals surface area contributed by atoms with Gasteiger partial charge in [0.05, 0.1) is 32.7 Å². The van der Waals surface area contributed by atoms with Gasteiger partial charge >= 0.3 is 0 Å². The number of carbonyl (C=O) groups is 1. The Balaban J connectivity index is 1.40. The second kappa shape index (κ2) is 10.3. The first-order valence-electron chi connectivity index (χ1n) is 11.6. The van der Waals surface area contributed by atoms with Crippen LogP contribution in [0.5, 0.6) is 11.5 Å². The van der Waals surface area contributed by atoms with Gasteiger partial charge in [0.2, 0.25) is 11.9 Å². The zero-order valence-electron chi connectivity index (χ0n) is 19.9. The molecule has 9 heteroatoms. The molecule has 0 fully saturated rings. The number of hydrogen-bond donors (Lipinski definition) is 2. The summed E-state index contributed by atoms with van der Waals surface area (Å²) in [5, 5.41) is 11.6. The minimum atomic E-state index is -0.196. The van der Waals surface area contributed by atoms with Gasteiger partial charge < -0.3 is 14.8 Å². The van der Waals surface area contributed by atoms with Gasteiger partial charge in [-0.2, -0.15) is 4.98 Å². The molecule has 0 saturated carbocycles. The molecular formula is C27H26ClN5O3. The molecule has 2 heterocycles. The number of anilines is 2. The highest BCUT2D eigenvalue weighted by Gasteiger charge is 2.31. The van der Waals surface area contributed by atoms with E-state index in [1.54, 1.807) is 14.2 Å². The number of fused-ring (bicyclic) bond motifs is 1. The summed E-state index contributed by atoms with van der Waals surface area (Å²) in [6, 6.07) is 23.0. The van der Waals surface area contributed by atoms with E-state index in [4.69, 9.17) is 21.1 Å². The highest BCUT2D eigenvalue weighted by atomic mass is 35.5. The Bertz CT molecular complexity index is 1340. The summed E-state index contributed by atoms with van der Waals surface area (Å²) in [6.45, 7) is 0. The van der Waals surface area contributed by atoms with Gasteiger partial charge in [0, 0.05) is 5.02 Å². The third kappa shape index (κ3) is 5.13. The van der Waals surface area contributed by atoms with Gasteiger partial charge in [0.15, 0.2) is 0 Å². The highest BCUT2D eigenvalue weighted by molar-refractivity contribution is 6.30. The predicted molar refractivity (Wildman–Crippen MR) is 139 cm³/mol. The van der Waals surface area contributed by atoms with E-state index in [2.05, 4.69) is 20.7 Å². The number of halogens is 1. The van der Waals surface area contributed by atoms with E-state index >= 15 is 0 Å². The normalized spacial score (nSPS) is 16.5. The molecule has 0 bridgehead atoms. The Morgan fingerprint density at radius 2 is 1.58 bits per heavy atom. The first-order valence-corrected chi connectivity index (χ1v) is 12.0. The van der Waals surface area contributed by atoms with Crippen LogP contribution in [-0.2, 0) is 11.2 Å². The first-order chi connectivity index (χ1) is 17.5. The molecule has 1 aliphatic rings. The summed E-state index contributed by atoms with van der Waals surface area (Å²) in [5.41, 5.74) is 3.03. The molecule has 0 saturated heterocycles. The van der Waals surface area contributed by atoms with E-state index in [0.717, 1.165) is 34.6 Å². The van der Waals surface area contributed by atoms with E-state index in [-0.39, 0.29) is 30.4 Å². The van der Waals surface area contributed by atoms with Crippen LogP contribution in [0, 0.1) is 0 Å². The topological polar surface area (TPSA) is 90.3 Å². The fourth-order valence-electron chi connectivity index (χ4n) is 4.35. The average molecular weight is 504 g/mol. The summed E-state index contributed by atoms with van der Waals surface area (Å²) < 4.78 is 12.3. The Labute approximate surface area is 214 Å². The summed E-state index contributed by atoms with van der Waals surface area (Å²) in [6.07, 6.45) is 0.945. The fraction of sp³-hybridized carbons (Fsp3) is 0.222. The Morgan fingerprint density at radius 3 is 2.22 bits per heavy atom. The number of amides is 1. The van der Waals surface area contributed by atoms with Crippen molar-refractivity contribution in [1.82, 2.24) is 14.8 Å². The van der Waals surface area contributed by atoms with Crippen LogP contribution >= 0.6 is 11.6 Å². The maximum atomic E-state index is 12.7. The lowest BCUT2D eigenvalue weighted by Crippen LogP contribution is -2.28. The van der Waals surface area contributed by atoms with Crippen molar-refractivity contribution in [3.8, 4) is 11.5 Å². The molecule has 1 amide bonds. The molecule has 0 radical (unpaired) electrons. The van der Waals surface area contributed by atoms with E-state index in [9.17, 15) is 4.79 Å². The van der Waals surface area contributed by atoms with Gasteiger partial charge in [-0.1, -0.05) is 48.0 Å². The number of hydrogen-bond acceptors (Lipinski definition) is 6. The standard InChI is InChI=1S/C27H26ClN5O3/c1-35-21-11-3-17(4-12-21)15-25(34)30-26-31-27-29-23(18-5-9-20(28)10-6-18)16-24(33(27)32-26)19-7-13-22(36-2)14-8-19/h3-14,23-24H,15-16H2,1-2H3,(H2,29,30,31,32,34). The number of rotatable bonds is 7. The van der Waals surface area contributed by atoms with Gasteiger partial charge in [-0.3, -0.25) is 10.1 Å². The maximum absolute atomic E-state index is 12.7. The quantitative estimate of drug-likeness (QED) is 0.357. The van der Waals surface area contributed by atoms with Crippen LogP contribution in [0.3, 0.4) is 0 Å². The molecule has 4 aromatic rings. The van der Waals surface area contributed by atoms with E-state index in [0.29, 0.717) is 11.0 Å². The third-order valence-electron chi connectivity index (χ3n) is 6.24. The minimum absolute atomic E-state index is 0.00563. The monoisotopic (exact) mass is 503 g/mol. The molecular weight excluding hydrogens is 478 g/mol. The van der Waals surface area contributed by atoms with Crippen molar-refractivity contribution >= 4 is 29.4 Å². The second-order valence-corrected chi connectivity index (χ2v) is 8.99. The van der Waals surface area contributed by atoms with Crippen LogP contribution < -0.4 is 20.1 Å². The molecule has 0 spiro atoms. The molecule has 184 valence electrons. The number of nitrogens with one attached hydrogen (secondary N) is 2. The lowest BCUT2D eigenvalue weighted by molar-refractivity contribution is -0.115. The van der Waals surface area contributed by atoms with Gasteiger partial charge in [0.25, 0.3) is 5.95 Å². The van der Waals surface area contributed by atoms with E-state index < -0.39 is 0 Å². The van der Waals surface area contributed by atoms with Crippen molar-refractivity contribution in [1.29, 1.82) is 0 Å². The summed E-state index contributed by atoms with van der Waals surface area (Å²) in [4.78, 5) is 17.3. The van der Waals surface area contributed by atoms with Gasteiger partial charge in [-0.05, 0) is 59.5 Å². The summed E-state index contributed by atoms with van der Waals surface area (Å²) >= 11 is 6.10. The van der Waals surface area contributed by atoms with Gasteiger partial charge in [0.1, 0.15) is 11.5 Å². The lowest BCUT2D eigenvalue weighted by Gasteiger charge is -2.31. The van der Waals surface area contributed by atoms with Crippen molar-refractivity contribution in [2.24, 2.45) is 0 Å². The summed E-state index contributed by atoms with van der Waals surface area (Å²) in [7, 11) is 3.26. The van der Waals surface area contributed by atoms with Crippen LogP contribution in [0.25, 0.3) is 0 Å².